The van der Waals surface area contributed by atoms with Crippen molar-refractivity contribution in [1.82, 2.24) is 5.32 Å². The predicted octanol–water partition coefficient (Wildman–Crippen LogP) is 4.10. The van der Waals surface area contributed by atoms with E-state index in [1.54, 1.807) is 0 Å². The highest BCUT2D eigenvalue weighted by molar-refractivity contribution is 6.05. The topological polar surface area (TPSA) is 67.5 Å². The molecule has 0 heterocycles. The fourth-order valence-corrected chi connectivity index (χ4v) is 2.51. The fourth-order valence-electron chi connectivity index (χ4n) is 2.51. The molecule has 1 aliphatic carbocycles. The third-order valence-electron chi connectivity index (χ3n) is 3.96. The third-order valence-corrected chi connectivity index (χ3v) is 3.96. The van der Waals surface area contributed by atoms with Gasteiger partial charge < -0.3 is 5.73 Å². The predicted molar refractivity (Wildman–Crippen MR) is 88.6 cm³/mol. The lowest BCUT2D eigenvalue weighted by Crippen LogP contribution is -2.36. The van der Waals surface area contributed by atoms with Crippen LogP contribution in [0.2, 0.25) is 0 Å². The molecule has 0 bridgehead atoms. The van der Waals surface area contributed by atoms with E-state index in [0.29, 0.717) is 5.69 Å². The lowest BCUT2D eigenvalue weighted by molar-refractivity contribution is -0.137. The van der Waals surface area contributed by atoms with Crippen molar-refractivity contribution in [2.45, 2.75) is 24.9 Å². The number of alkyl halides is 3. The van der Waals surface area contributed by atoms with Crippen LogP contribution < -0.4 is 11.1 Å². The van der Waals surface area contributed by atoms with E-state index in [1.807, 2.05) is 0 Å². The number of rotatable bonds is 3. The smallest absolute Gasteiger partial charge is 0.369 e. The Bertz CT molecular complexity index is 856. The molecule has 2 aromatic carbocycles. The van der Waals surface area contributed by atoms with Crippen LogP contribution in [0.15, 0.2) is 47.5 Å². The van der Waals surface area contributed by atoms with Gasteiger partial charge in [0.25, 0.3) is 5.91 Å². The van der Waals surface area contributed by atoms with E-state index in [4.69, 9.17) is 5.73 Å². The van der Waals surface area contributed by atoms with Gasteiger partial charge in [0, 0.05) is 5.56 Å². The molecule has 8 heteroatoms. The number of carbonyl (C=O) groups excluding carboxylic acids is 1. The molecule has 0 saturated heterocycles. The zero-order valence-electron chi connectivity index (χ0n) is 13.5. The highest BCUT2D eigenvalue weighted by Gasteiger charge is 2.30. The zero-order chi connectivity index (χ0) is 18.9. The first-order valence-electron chi connectivity index (χ1n) is 7.86. The molecule has 3 rings (SSSR count). The van der Waals surface area contributed by atoms with Crippen LogP contribution in [0.5, 0.6) is 0 Å². The van der Waals surface area contributed by atoms with E-state index in [0.717, 1.165) is 42.7 Å². The van der Waals surface area contributed by atoms with Gasteiger partial charge in [0.15, 0.2) is 0 Å². The van der Waals surface area contributed by atoms with Gasteiger partial charge in [-0.1, -0.05) is 0 Å². The van der Waals surface area contributed by atoms with Gasteiger partial charge in [-0.3, -0.25) is 10.1 Å². The summed E-state index contributed by atoms with van der Waals surface area (Å²) >= 11 is 0. The van der Waals surface area contributed by atoms with Crippen LogP contribution in [0.4, 0.5) is 23.2 Å². The van der Waals surface area contributed by atoms with Crippen molar-refractivity contribution in [1.29, 1.82) is 0 Å². The van der Waals surface area contributed by atoms with Gasteiger partial charge in [0.1, 0.15) is 5.82 Å². The van der Waals surface area contributed by atoms with Crippen molar-refractivity contribution in [3.05, 3.63) is 65.0 Å². The minimum absolute atomic E-state index is 0.0117. The fraction of sp³-hybridized carbons (Fsp3) is 0.222. The Balaban J connectivity index is 1.74. The number of hydrogen-bond donors (Lipinski definition) is 2. The minimum atomic E-state index is -4.47. The molecule has 4 nitrogen and oxygen atoms in total. The number of benzene rings is 2. The lowest BCUT2D eigenvalue weighted by Gasteiger charge is -2.09. The number of halogens is 4. The maximum atomic E-state index is 13.4. The molecule has 1 aliphatic rings. The van der Waals surface area contributed by atoms with Gasteiger partial charge in [0.2, 0.25) is 5.96 Å². The number of amides is 1. The number of nitrogens with zero attached hydrogens (tertiary/aromatic N) is 1. The summed E-state index contributed by atoms with van der Waals surface area (Å²) in [6.45, 7) is 0. The van der Waals surface area contributed by atoms with Gasteiger partial charge in [-0.2, -0.15) is 13.2 Å². The van der Waals surface area contributed by atoms with Crippen molar-refractivity contribution < 1.29 is 22.4 Å². The molecular formula is C18H15F4N3O. The second-order valence-electron chi connectivity index (χ2n) is 6.00. The molecule has 0 aliphatic heterocycles. The Morgan fingerprint density at radius 1 is 1.12 bits per heavy atom. The average molecular weight is 365 g/mol. The number of carbonyl (C=O) groups is 1. The van der Waals surface area contributed by atoms with E-state index in [1.165, 1.54) is 18.2 Å². The summed E-state index contributed by atoms with van der Waals surface area (Å²) in [7, 11) is 0. The average Bonchev–Trinajstić information content (AvgIpc) is 3.40. The number of aliphatic imine (C=N–C) groups is 1. The summed E-state index contributed by atoms with van der Waals surface area (Å²) in [6, 6.07) is 7.84. The molecular weight excluding hydrogens is 350 g/mol. The summed E-state index contributed by atoms with van der Waals surface area (Å²) in [5.41, 5.74) is 6.05. The van der Waals surface area contributed by atoms with Crippen molar-refractivity contribution in [2.24, 2.45) is 10.7 Å². The number of guanidine groups is 1. The first-order valence-corrected chi connectivity index (χ1v) is 7.86. The van der Waals surface area contributed by atoms with Crippen molar-refractivity contribution in [3.63, 3.8) is 0 Å². The largest absolute Gasteiger partial charge is 0.416 e. The van der Waals surface area contributed by atoms with E-state index < -0.39 is 17.6 Å². The highest BCUT2D eigenvalue weighted by Crippen LogP contribution is 2.44. The SMILES string of the molecule is NC(=Nc1ccc(F)cc1C1CC1)NC(=O)c1ccc(C(F)(F)F)cc1. The van der Waals surface area contributed by atoms with E-state index in [9.17, 15) is 22.4 Å². The molecule has 26 heavy (non-hydrogen) atoms. The Kier molecular flexibility index (Phi) is 4.67. The van der Waals surface area contributed by atoms with Gasteiger partial charge in [-0.25, -0.2) is 9.38 Å². The number of nitrogens with two attached hydrogens (primary N) is 1. The molecule has 1 saturated carbocycles. The molecule has 0 unspecified atom stereocenters. The molecule has 0 spiro atoms. The van der Waals surface area contributed by atoms with Crippen molar-refractivity contribution in [3.8, 4) is 0 Å². The van der Waals surface area contributed by atoms with Crippen LogP contribution >= 0.6 is 0 Å². The van der Waals surface area contributed by atoms with E-state index >= 15 is 0 Å². The summed E-state index contributed by atoms with van der Waals surface area (Å²) in [5, 5.41) is 2.32. The summed E-state index contributed by atoms with van der Waals surface area (Å²) in [6.07, 6.45) is -2.61. The Morgan fingerprint density at radius 2 is 1.77 bits per heavy atom. The van der Waals surface area contributed by atoms with Gasteiger partial charge >= 0.3 is 6.18 Å². The summed E-state index contributed by atoms with van der Waals surface area (Å²) in [5.74, 6) is -1.06. The zero-order valence-corrected chi connectivity index (χ0v) is 13.5. The van der Waals surface area contributed by atoms with Crippen LogP contribution in [-0.2, 0) is 6.18 Å². The molecule has 0 aromatic heterocycles. The maximum Gasteiger partial charge on any atom is 0.416 e. The molecule has 1 amide bonds. The molecule has 2 aromatic rings. The highest BCUT2D eigenvalue weighted by atomic mass is 19.4. The second kappa shape index (κ2) is 6.78. The number of nitrogens with one attached hydrogen (secondary N) is 1. The molecule has 136 valence electrons. The second-order valence-corrected chi connectivity index (χ2v) is 6.00. The first-order chi connectivity index (χ1) is 12.2. The molecule has 1 fully saturated rings. The molecule has 0 radical (unpaired) electrons. The van der Waals surface area contributed by atoms with Gasteiger partial charge in [-0.05, 0) is 66.8 Å². The monoisotopic (exact) mass is 365 g/mol. The van der Waals surface area contributed by atoms with Crippen LogP contribution in [0, 0.1) is 5.82 Å². The maximum absolute atomic E-state index is 13.4. The van der Waals surface area contributed by atoms with Crippen LogP contribution in [-0.4, -0.2) is 11.9 Å². The minimum Gasteiger partial charge on any atom is -0.369 e. The van der Waals surface area contributed by atoms with Crippen LogP contribution in [0.3, 0.4) is 0 Å². The quantitative estimate of drug-likeness (QED) is 0.489. The van der Waals surface area contributed by atoms with Crippen LogP contribution in [0.1, 0.15) is 40.2 Å². The van der Waals surface area contributed by atoms with Crippen molar-refractivity contribution >= 4 is 17.6 Å². The first kappa shape index (κ1) is 17.9. The van der Waals surface area contributed by atoms with Crippen molar-refractivity contribution in [2.75, 3.05) is 0 Å². The number of hydrogen-bond acceptors (Lipinski definition) is 2. The van der Waals surface area contributed by atoms with Gasteiger partial charge in [0.05, 0.1) is 11.3 Å². The molecule has 0 atom stereocenters. The lowest BCUT2D eigenvalue weighted by atomic mass is 10.1. The Morgan fingerprint density at radius 3 is 2.35 bits per heavy atom. The summed E-state index contributed by atoms with van der Waals surface area (Å²) < 4.78 is 51.0. The Labute approximate surface area is 146 Å². The summed E-state index contributed by atoms with van der Waals surface area (Å²) in [4.78, 5) is 16.2. The van der Waals surface area contributed by atoms with Gasteiger partial charge in [-0.15, -0.1) is 0 Å². The normalized spacial score (nSPS) is 15.0. The van der Waals surface area contributed by atoms with E-state index in [-0.39, 0.29) is 23.3 Å². The Hall–Kier alpha value is -2.90. The molecule has 3 N–H and O–H groups in total. The van der Waals surface area contributed by atoms with E-state index in [2.05, 4.69) is 10.3 Å². The van der Waals surface area contributed by atoms with Crippen LogP contribution in [0.25, 0.3) is 0 Å². The standard InChI is InChI=1S/C18H15F4N3O/c19-13-7-8-15(14(9-13)10-1-2-10)24-17(23)25-16(26)11-3-5-12(6-4-11)18(20,21)22/h3-10H,1-2H2,(H3,23,24,25,26). The third kappa shape index (κ3) is 4.19.